The van der Waals surface area contributed by atoms with Crippen LogP contribution in [0.4, 0.5) is 0 Å². The molecule has 1 fully saturated rings. The molecule has 0 aromatic heterocycles. The molecule has 0 aromatic carbocycles. The zero-order valence-corrected chi connectivity index (χ0v) is 12.7. The molecule has 4 heteroatoms. The van der Waals surface area contributed by atoms with Gasteiger partial charge in [0, 0.05) is 25.6 Å². The molecule has 1 atom stereocenters. The fourth-order valence-electron chi connectivity index (χ4n) is 1.59. The van der Waals surface area contributed by atoms with Crippen molar-refractivity contribution in [2.24, 2.45) is 5.92 Å². The number of amides is 1. The van der Waals surface area contributed by atoms with Gasteiger partial charge in [-0.25, -0.2) is 0 Å². The molecule has 4 nitrogen and oxygen atoms in total. The van der Waals surface area contributed by atoms with Gasteiger partial charge in [-0.2, -0.15) is 0 Å². The van der Waals surface area contributed by atoms with Crippen LogP contribution in [0.15, 0.2) is 0 Å². The summed E-state index contributed by atoms with van der Waals surface area (Å²) in [4.78, 5) is 12.4. The highest BCUT2D eigenvalue weighted by Crippen LogP contribution is 2.03. The molecule has 1 unspecified atom stereocenters. The molecule has 1 N–H and O–H groups in total. The van der Waals surface area contributed by atoms with E-state index in [4.69, 9.17) is 4.74 Å². The second kappa shape index (κ2) is 12.0. The molecular weight excluding hydrogens is 240 g/mol. The summed E-state index contributed by atoms with van der Waals surface area (Å²) in [6.07, 6.45) is 2.06. The van der Waals surface area contributed by atoms with Crippen LogP contribution in [0.5, 0.6) is 0 Å². The minimum absolute atomic E-state index is 0.0970. The maximum atomic E-state index is 10.2. The Balaban J connectivity index is 0.000000982. The number of hydrogen-bond donors (Lipinski definition) is 1. The fraction of sp³-hybridized carbons (Fsp3) is 0.800. The van der Waals surface area contributed by atoms with Crippen molar-refractivity contribution >= 4 is 6.41 Å². The van der Waals surface area contributed by atoms with Crippen LogP contribution in [-0.2, 0) is 9.53 Å². The van der Waals surface area contributed by atoms with Crippen molar-refractivity contribution in [3.63, 3.8) is 0 Å². The van der Waals surface area contributed by atoms with Crippen LogP contribution in [0.25, 0.3) is 0 Å². The predicted octanol–water partition coefficient (Wildman–Crippen LogP) is 1.51. The average Bonchev–Trinajstić information content (AvgIpc) is 2.37. The number of morpholine rings is 1. The second-order valence-corrected chi connectivity index (χ2v) is 4.94. The summed E-state index contributed by atoms with van der Waals surface area (Å²) in [7, 11) is 0. The maximum absolute atomic E-state index is 10.2. The number of ether oxygens (including phenoxy) is 1. The average molecular weight is 268 g/mol. The summed E-state index contributed by atoms with van der Waals surface area (Å²) < 4.78 is 5.53. The first-order valence-electron chi connectivity index (χ1n) is 7.13. The Bertz CT molecular complexity index is 282. The maximum Gasteiger partial charge on any atom is 0.207 e. The molecule has 0 bridgehead atoms. The van der Waals surface area contributed by atoms with Gasteiger partial charge < -0.3 is 10.1 Å². The van der Waals surface area contributed by atoms with Crippen LogP contribution in [0.1, 0.15) is 34.1 Å². The van der Waals surface area contributed by atoms with E-state index in [1.165, 1.54) is 6.42 Å². The van der Waals surface area contributed by atoms with E-state index in [1.54, 1.807) is 0 Å². The van der Waals surface area contributed by atoms with Crippen LogP contribution in [0, 0.1) is 17.8 Å². The molecule has 1 heterocycles. The molecule has 1 aliphatic rings. The number of carbonyl (C=O) groups is 1. The molecule has 0 aliphatic carbocycles. The second-order valence-electron chi connectivity index (χ2n) is 4.94. The van der Waals surface area contributed by atoms with Crippen LogP contribution in [0.2, 0.25) is 0 Å². The zero-order valence-electron chi connectivity index (χ0n) is 12.7. The highest BCUT2D eigenvalue weighted by atomic mass is 16.5. The Hall–Kier alpha value is -1.05. The molecule has 1 rings (SSSR count). The van der Waals surface area contributed by atoms with Crippen LogP contribution >= 0.6 is 0 Å². The van der Waals surface area contributed by atoms with Crippen molar-refractivity contribution in [1.82, 2.24) is 10.2 Å². The van der Waals surface area contributed by atoms with Gasteiger partial charge in [0.15, 0.2) is 0 Å². The Morgan fingerprint density at radius 2 is 2.16 bits per heavy atom. The van der Waals surface area contributed by atoms with E-state index in [9.17, 15) is 4.79 Å². The van der Waals surface area contributed by atoms with E-state index < -0.39 is 0 Å². The van der Waals surface area contributed by atoms with Crippen LogP contribution in [0.3, 0.4) is 0 Å². The lowest BCUT2D eigenvalue weighted by molar-refractivity contribution is -0.110. The Morgan fingerprint density at radius 3 is 2.74 bits per heavy atom. The van der Waals surface area contributed by atoms with Gasteiger partial charge in [-0.1, -0.05) is 46.0 Å². The molecule has 1 saturated heterocycles. The van der Waals surface area contributed by atoms with Gasteiger partial charge in [-0.3, -0.25) is 9.69 Å². The highest BCUT2D eigenvalue weighted by molar-refractivity contribution is 5.45. The zero-order chi connectivity index (χ0) is 14.5. The van der Waals surface area contributed by atoms with Crippen molar-refractivity contribution in [3.8, 4) is 11.8 Å². The molecule has 19 heavy (non-hydrogen) atoms. The molecule has 110 valence electrons. The van der Waals surface area contributed by atoms with Crippen molar-refractivity contribution in [2.75, 3.05) is 32.8 Å². The summed E-state index contributed by atoms with van der Waals surface area (Å²) in [5.74, 6) is 6.73. The van der Waals surface area contributed by atoms with E-state index in [0.717, 1.165) is 19.6 Å². The Kier molecular flexibility index (Phi) is 11.3. The van der Waals surface area contributed by atoms with Crippen molar-refractivity contribution in [2.45, 2.75) is 40.2 Å². The largest absolute Gasteiger partial charge is 0.374 e. The minimum atomic E-state index is 0.0970. The van der Waals surface area contributed by atoms with Gasteiger partial charge in [0.05, 0.1) is 19.3 Å². The van der Waals surface area contributed by atoms with Crippen molar-refractivity contribution in [3.05, 3.63) is 0 Å². The normalized spacial score (nSPS) is 18.9. The molecule has 0 radical (unpaired) electrons. The number of hydrogen-bond acceptors (Lipinski definition) is 3. The lowest BCUT2D eigenvalue weighted by Crippen LogP contribution is -2.46. The van der Waals surface area contributed by atoms with Crippen molar-refractivity contribution < 1.29 is 9.53 Å². The number of nitrogens with one attached hydrogen (secondary N) is 1. The van der Waals surface area contributed by atoms with E-state index in [1.807, 2.05) is 0 Å². The number of nitrogens with zero attached hydrogens (tertiary/aromatic N) is 1. The van der Waals surface area contributed by atoms with Crippen LogP contribution in [-0.4, -0.2) is 50.2 Å². The highest BCUT2D eigenvalue weighted by Gasteiger charge is 2.18. The third kappa shape index (κ3) is 10.5. The first kappa shape index (κ1) is 17.9. The molecule has 1 aliphatic heterocycles. The van der Waals surface area contributed by atoms with E-state index in [0.29, 0.717) is 25.5 Å². The molecule has 0 spiro atoms. The monoisotopic (exact) mass is 268 g/mol. The summed E-state index contributed by atoms with van der Waals surface area (Å²) in [6.45, 7) is 12.3. The summed E-state index contributed by atoms with van der Waals surface area (Å²) in [6, 6.07) is 0. The first-order valence-corrected chi connectivity index (χ1v) is 7.13. The third-order valence-corrected chi connectivity index (χ3v) is 2.35. The smallest absolute Gasteiger partial charge is 0.207 e. The van der Waals surface area contributed by atoms with Gasteiger partial charge >= 0.3 is 0 Å². The van der Waals surface area contributed by atoms with Gasteiger partial charge in [-0.05, 0) is 0 Å². The summed E-state index contributed by atoms with van der Waals surface area (Å²) in [5.41, 5.74) is 0. The van der Waals surface area contributed by atoms with Gasteiger partial charge in [0.25, 0.3) is 0 Å². The summed E-state index contributed by atoms with van der Waals surface area (Å²) in [5, 5.41) is 2.64. The minimum Gasteiger partial charge on any atom is -0.374 e. The SMILES string of the molecule is CC(C)C#CCN1CCOC(CNC=O)C1.CCC. The van der Waals surface area contributed by atoms with Gasteiger partial charge in [0.2, 0.25) is 6.41 Å². The quantitative estimate of drug-likeness (QED) is 0.621. The fourth-order valence-corrected chi connectivity index (χ4v) is 1.59. The molecule has 0 aromatic rings. The lowest BCUT2D eigenvalue weighted by Gasteiger charge is -2.31. The van der Waals surface area contributed by atoms with Crippen LogP contribution < -0.4 is 5.32 Å². The van der Waals surface area contributed by atoms with E-state index >= 15 is 0 Å². The standard InChI is InChI=1S/C12H20N2O2.C3H8/c1-11(2)4-3-5-14-6-7-16-12(9-14)8-13-10-15;1-3-2/h10-12H,5-9H2,1-2H3,(H,13,15);3H2,1-2H3. The first-order chi connectivity index (χ1) is 9.13. The summed E-state index contributed by atoms with van der Waals surface area (Å²) >= 11 is 0. The topological polar surface area (TPSA) is 41.6 Å². The number of rotatable bonds is 4. The lowest BCUT2D eigenvalue weighted by atomic mass is 10.2. The number of carbonyl (C=O) groups excluding carboxylic acids is 1. The molecule has 0 saturated carbocycles. The molecule has 1 amide bonds. The Labute approximate surface area is 117 Å². The van der Waals surface area contributed by atoms with Crippen molar-refractivity contribution in [1.29, 1.82) is 0 Å². The predicted molar refractivity (Wildman–Crippen MR) is 78.8 cm³/mol. The van der Waals surface area contributed by atoms with E-state index in [-0.39, 0.29) is 6.10 Å². The molecular formula is C15H28N2O2. The van der Waals surface area contributed by atoms with Gasteiger partial charge in [0.1, 0.15) is 0 Å². The Morgan fingerprint density at radius 1 is 1.47 bits per heavy atom. The van der Waals surface area contributed by atoms with Gasteiger partial charge in [-0.15, -0.1) is 0 Å². The van der Waals surface area contributed by atoms with E-state index in [2.05, 4.69) is 49.8 Å². The third-order valence-electron chi connectivity index (χ3n) is 2.35.